The van der Waals surface area contributed by atoms with Crippen molar-refractivity contribution >= 4 is 57.5 Å². The van der Waals surface area contributed by atoms with Crippen LogP contribution in [0, 0.1) is 13.8 Å². The zero-order chi connectivity index (χ0) is 33.7. The minimum Gasteiger partial charge on any atom is -1.00 e. The molecule has 0 bridgehead atoms. The quantitative estimate of drug-likeness (QED) is 0.142. The first-order valence-corrected chi connectivity index (χ1v) is 27.4. The van der Waals surface area contributed by atoms with Crippen LogP contribution in [0.1, 0.15) is 11.1 Å². The third kappa shape index (κ3) is 8.35. The minimum atomic E-state index is -0.676. The third-order valence-corrected chi connectivity index (χ3v) is 15.5. The van der Waals surface area contributed by atoms with Gasteiger partial charge in [-0.05, 0) is 21.5 Å². The third-order valence-electron chi connectivity index (χ3n) is 9.32. The fraction of sp³-hybridized carbons (Fsp3) is 0.0638. The Balaban J connectivity index is 0.000000156. The molecule has 0 nitrogen and oxygen atoms in total. The summed E-state index contributed by atoms with van der Waals surface area (Å²) in [6.07, 6.45) is 0. The molecule has 0 amide bonds. The van der Waals surface area contributed by atoms with E-state index in [9.17, 15) is 0 Å². The summed E-state index contributed by atoms with van der Waals surface area (Å²) in [5.41, 5.74) is 8.11. The topological polar surface area (TPSA) is 0 Å². The molecule has 0 spiro atoms. The van der Waals surface area contributed by atoms with Crippen molar-refractivity contribution in [2.24, 2.45) is 0 Å². The van der Waals surface area contributed by atoms with Gasteiger partial charge < -0.3 is 24.8 Å². The molecule has 9 aromatic rings. The second kappa shape index (κ2) is 17.7. The van der Waals surface area contributed by atoms with Crippen molar-refractivity contribution in [1.82, 2.24) is 0 Å². The molecule has 0 saturated carbocycles. The van der Waals surface area contributed by atoms with E-state index < -0.39 is 9.98 Å². The molecule has 0 atom stereocenters. The Kier molecular flexibility index (Phi) is 13.3. The summed E-state index contributed by atoms with van der Waals surface area (Å²) in [5.74, 6) is 2.41. The Morgan fingerprint density at radius 3 is 1.18 bits per heavy atom. The summed E-state index contributed by atoms with van der Waals surface area (Å²) in [6.45, 7) is 4.41. The molecule has 51 heavy (non-hydrogen) atoms. The normalized spacial score (nSPS) is 10.5. The maximum Gasteiger partial charge on any atom is -1.00 e. The number of benzene rings is 7. The molecule has 4 heteroatoms. The van der Waals surface area contributed by atoms with Crippen LogP contribution < -0.4 is 29.2 Å². The Morgan fingerprint density at radius 1 is 0.412 bits per heavy atom. The number of fused-ring (bicyclic) bond motifs is 4. The van der Waals surface area contributed by atoms with Gasteiger partial charge in [0, 0.05) is 0 Å². The molecule has 0 aliphatic rings. The first-order valence-electron chi connectivity index (χ1n) is 16.9. The van der Waals surface area contributed by atoms with Crippen LogP contribution in [0.3, 0.4) is 0 Å². The smallest absolute Gasteiger partial charge is 1.00 e. The number of halogens is 2. The molecule has 0 saturated heterocycles. The van der Waals surface area contributed by atoms with Gasteiger partial charge in [-0.25, -0.2) is 0 Å². The minimum absolute atomic E-state index is 0. The molecule has 250 valence electrons. The van der Waals surface area contributed by atoms with Gasteiger partial charge >= 0.3 is 72.1 Å². The van der Waals surface area contributed by atoms with Crippen LogP contribution in [-0.4, -0.2) is 9.98 Å². The van der Waals surface area contributed by atoms with E-state index >= 15 is 0 Å². The molecule has 0 aliphatic heterocycles. The van der Waals surface area contributed by atoms with Crippen LogP contribution in [0.15, 0.2) is 176 Å². The molecular formula is C47H38Cl2GeZr-2. The van der Waals surface area contributed by atoms with E-state index in [0.717, 1.165) is 0 Å². The van der Waals surface area contributed by atoms with Crippen molar-refractivity contribution in [2.45, 2.75) is 19.6 Å². The standard InChI is InChI=1S/2C20H15.C7H8Ge.2ClH.Zr/c2*1-14-13-16-8-3-5-11-18(16)20(14)19-12-6-9-15-7-2-4-10-17(15)19;1-8-7-5-3-2-4-6-7;;;/h2*2-13H,1H3;2-6H,1H3;2*1H;/q2*-1;;;;+2/p-2. The predicted octanol–water partition coefficient (Wildman–Crippen LogP) is 6.44. The van der Waals surface area contributed by atoms with Crippen molar-refractivity contribution < 1.29 is 46.4 Å². The average molecular weight is 838 g/mol. The molecular weight excluding hydrogens is 799 g/mol. The molecule has 0 aromatic heterocycles. The van der Waals surface area contributed by atoms with Gasteiger partial charge in [0.25, 0.3) is 0 Å². The van der Waals surface area contributed by atoms with Crippen LogP contribution >= 0.6 is 0 Å². The van der Waals surface area contributed by atoms with E-state index in [2.05, 4.69) is 196 Å². The van der Waals surface area contributed by atoms with Crippen LogP contribution in [-0.2, 0) is 21.6 Å². The van der Waals surface area contributed by atoms with Crippen LogP contribution in [0.5, 0.6) is 0 Å². The van der Waals surface area contributed by atoms with E-state index in [4.69, 9.17) is 0 Å². The molecule has 0 aliphatic carbocycles. The van der Waals surface area contributed by atoms with E-state index in [1.165, 1.54) is 76.5 Å². The Morgan fingerprint density at radius 2 is 0.765 bits per heavy atom. The van der Waals surface area contributed by atoms with Gasteiger partial charge in [0.05, 0.1) is 0 Å². The molecule has 0 fully saturated rings. The summed E-state index contributed by atoms with van der Waals surface area (Å²) in [6, 6.07) is 63.1. The molecule has 0 radical (unpaired) electrons. The van der Waals surface area contributed by atoms with Gasteiger partial charge in [-0.3, -0.25) is 0 Å². The summed E-state index contributed by atoms with van der Waals surface area (Å²) in [5, 5.41) is 10.6. The van der Waals surface area contributed by atoms with Crippen LogP contribution in [0.2, 0.25) is 5.76 Å². The number of rotatable bonds is 3. The monoisotopic (exact) mass is 836 g/mol. The molecule has 9 aromatic carbocycles. The second-order valence-corrected chi connectivity index (χ2v) is 26.0. The summed E-state index contributed by atoms with van der Waals surface area (Å²) in [7, 11) is -0.676. The van der Waals surface area contributed by atoms with E-state index in [1.807, 2.05) is 0 Å². The van der Waals surface area contributed by atoms with Crippen molar-refractivity contribution in [3.63, 3.8) is 0 Å². The number of aryl methyl sites for hydroxylation is 2. The van der Waals surface area contributed by atoms with E-state index in [-0.39, 0.29) is 24.8 Å². The van der Waals surface area contributed by atoms with Gasteiger partial charge in [-0.15, -0.1) is 92.3 Å². The van der Waals surface area contributed by atoms with Gasteiger partial charge in [0.2, 0.25) is 0 Å². The Hall–Kier alpha value is -3.71. The molecule has 0 heterocycles. The summed E-state index contributed by atoms with van der Waals surface area (Å²) < 4.78 is 1.62. The van der Waals surface area contributed by atoms with Gasteiger partial charge in [-0.2, -0.15) is 0 Å². The maximum absolute atomic E-state index is 2.41. The zero-order valence-corrected chi connectivity index (χ0v) is 35.1. The van der Waals surface area contributed by atoms with E-state index in [0.29, 0.717) is 0 Å². The fourth-order valence-electron chi connectivity index (χ4n) is 7.03. The first-order chi connectivity index (χ1) is 24.0. The summed E-state index contributed by atoms with van der Waals surface area (Å²) in [4.78, 5) is 0. The van der Waals surface area contributed by atoms with Crippen molar-refractivity contribution in [3.8, 4) is 22.3 Å². The fourth-order valence-corrected chi connectivity index (χ4v) is 10.6. The van der Waals surface area contributed by atoms with Gasteiger partial charge in [0.15, 0.2) is 0 Å². The van der Waals surface area contributed by atoms with Gasteiger partial charge in [-0.1, -0.05) is 122 Å². The van der Waals surface area contributed by atoms with Gasteiger partial charge in [0.1, 0.15) is 0 Å². The van der Waals surface area contributed by atoms with Crippen LogP contribution in [0.4, 0.5) is 0 Å². The largest absolute Gasteiger partial charge is 1.00 e. The van der Waals surface area contributed by atoms with Crippen molar-refractivity contribution in [1.29, 1.82) is 0 Å². The Bertz CT molecular complexity index is 2390. The molecule has 0 unspecified atom stereocenters. The zero-order valence-electron chi connectivity index (χ0n) is 29.0. The summed E-state index contributed by atoms with van der Waals surface area (Å²) >= 11 is 1.76. The number of hydrogen-bond acceptors (Lipinski definition) is 0. The second-order valence-electron chi connectivity index (χ2n) is 12.6. The SMILES string of the molecule is Cc1[cH-]c2ccccc2c1-c1cccc2ccccc12.Cc1[cH-]c2ccccc2c1-c1cccc2ccccc12.[CH3][Ge](=[Zr+2])[c]1ccccc1.[Cl-].[Cl-]. The first kappa shape index (κ1) is 38.5. The number of hydrogen-bond donors (Lipinski definition) is 0. The Labute approximate surface area is 330 Å². The van der Waals surface area contributed by atoms with Crippen molar-refractivity contribution in [2.75, 3.05) is 0 Å². The average Bonchev–Trinajstić information content (AvgIpc) is 3.66. The van der Waals surface area contributed by atoms with Crippen LogP contribution in [0.25, 0.3) is 65.3 Å². The predicted molar refractivity (Wildman–Crippen MR) is 212 cm³/mol. The van der Waals surface area contributed by atoms with Crippen molar-refractivity contribution in [3.05, 3.63) is 187 Å². The molecule has 9 rings (SSSR count). The molecule has 0 N–H and O–H groups in total. The maximum atomic E-state index is 2.41. The van der Waals surface area contributed by atoms with E-state index in [1.54, 1.807) is 26.0 Å².